The largest absolute Gasteiger partial charge is 0.493 e. The topological polar surface area (TPSA) is 54.9 Å². The standard InChI is InChI=1S/C17H21F2N3O2S.HI/c1-3-20-17(22-10-13-6-7-25-11-13)21-9-12-4-5-14(23-2)15(8-12)24-16(18)19;/h4-8,11,16H,3,9-10H2,1-2H3,(H2,20,21,22);1H. The van der Waals surface area contributed by atoms with E-state index in [1.54, 1.807) is 23.5 Å². The molecular weight excluding hydrogens is 475 g/mol. The predicted molar refractivity (Wildman–Crippen MR) is 111 cm³/mol. The van der Waals surface area contributed by atoms with Crippen LogP contribution in [0.1, 0.15) is 18.1 Å². The average molecular weight is 497 g/mol. The van der Waals surface area contributed by atoms with Crippen LogP contribution in [-0.4, -0.2) is 26.2 Å². The Balaban J connectivity index is 0.00000338. The van der Waals surface area contributed by atoms with E-state index in [9.17, 15) is 8.78 Å². The van der Waals surface area contributed by atoms with Crippen molar-refractivity contribution >= 4 is 41.3 Å². The SMILES string of the molecule is CCNC(=NCc1ccsc1)NCc1ccc(OC)c(OC(F)F)c1.I. The second kappa shape index (κ2) is 11.9. The summed E-state index contributed by atoms with van der Waals surface area (Å²) in [6.07, 6.45) is 0. The number of rotatable bonds is 8. The highest BCUT2D eigenvalue weighted by molar-refractivity contribution is 14.0. The zero-order valence-corrected chi connectivity index (χ0v) is 17.6. The number of halogens is 3. The van der Waals surface area contributed by atoms with Crippen LogP contribution in [0.2, 0.25) is 0 Å². The highest BCUT2D eigenvalue weighted by Gasteiger charge is 2.11. The van der Waals surface area contributed by atoms with Crippen molar-refractivity contribution < 1.29 is 18.3 Å². The first-order valence-electron chi connectivity index (χ1n) is 7.77. The molecule has 1 aromatic carbocycles. The Kier molecular flexibility index (Phi) is 10.3. The summed E-state index contributed by atoms with van der Waals surface area (Å²) >= 11 is 1.63. The summed E-state index contributed by atoms with van der Waals surface area (Å²) in [6.45, 7) is 0.781. The van der Waals surface area contributed by atoms with Crippen molar-refractivity contribution in [1.82, 2.24) is 10.6 Å². The first-order valence-corrected chi connectivity index (χ1v) is 8.71. The molecule has 2 N–H and O–H groups in total. The molecule has 0 aliphatic rings. The molecule has 0 saturated heterocycles. The van der Waals surface area contributed by atoms with E-state index >= 15 is 0 Å². The monoisotopic (exact) mass is 497 g/mol. The first-order chi connectivity index (χ1) is 12.1. The van der Waals surface area contributed by atoms with E-state index < -0.39 is 6.61 Å². The van der Waals surface area contributed by atoms with Gasteiger partial charge >= 0.3 is 6.61 Å². The summed E-state index contributed by atoms with van der Waals surface area (Å²) < 4.78 is 34.5. The number of alkyl halides is 2. The van der Waals surface area contributed by atoms with E-state index in [-0.39, 0.29) is 35.5 Å². The van der Waals surface area contributed by atoms with Gasteiger partial charge in [0.05, 0.1) is 13.7 Å². The molecule has 0 fully saturated rings. The van der Waals surface area contributed by atoms with Crippen LogP contribution in [0.3, 0.4) is 0 Å². The molecule has 2 aromatic rings. The van der Waals surface area contributed by atoms with Gasteiger partial charge in [-0.25, -0.2) is 4.99 Å². The van der Waals surface area contributed by atoms with Crippen LogP contribution in [0.25, 0.3) is 0 Å². The second-order valence-corrected chi connectivity index (χ2v) is 5.82. The number of aliphatic imine (C=N–C) groups is 1. The molecule has 2 rings (SSSR count). The molecule has 0 bridgehead atoms. The van der Waals surface area contributed by atoms with Crippen LogP contribution in [-0.2, 0) is 13.1 Å². The van der Waals surface area contributed by atoms with Crippen LogP contribution in [0.5, 0.6) is 11.5 Å². The third-order valence-corrected chi connectivity index (χ3v) is 3.98. The minimum atomic E-state index is -2.90. The first kappa shape index (κ1) is 22.4. The summed E-state index contributed by atoms with van der Waals surface area (Å²) in [5, 5.41) is 10.4. The fourth-order valence-corrected chi connectivity index (χ4v) is 2.76. The van der Waals surface area contributed by atoms with Gasteiger partial charge in [-0.2, -0.15) is 20.1 Å². The lowest BCUT2D eigenvalue weighted by Gasteiger charge is -2.14. The Morgan fingerprint density at radius 2 is 2.00 bits per heavy atom. The third-order valence-electron chi connectivity index (χ3n) is 3.25. The Morgan fingerprint density at radius 1 is 1.19 bits per heavy atom. The molecular formula is C17H22F2IN3O2S. The number of hydrogen-bond donors (Lipinski definition) is 2. The van der Waals surface area contributed by atoms with Gasteiger partial charge in [-0.05, 0) is 47.0 Å². The van der Waals surface area contributed by atoms with Gasteiger partial charge in [-0.3, -0.25) is 0 Å². The van der Waals surface area contributed by atoms with Gasteiger partial charge < -0.3 is 20.1 Å². The van der Waals surface area contributed by atoms with Crippen LogP contribution in [0.15, 0.2) is 40.0 Å². The number of benzene rings is 1. The van der Waals surface area contributed by atoms with Crippen LogP contribution in [0, 0.1) is 0 Å². The summed E-state index contributed by atoms with van der Waals surface area (Å²) in [4.78, 5) is 4.50. The quantitative estimate of drug-likeness (QED) is 0.326. The van der Waals surface area contributed by atoms with Gasteiger partial charge in [-0.1, -0.05) is 6.07 Å². The number of thiophene rings is 1. The molecule has 0 radical (unpaired) electrons. The van der Waals surface area contributed by atoms with E-state index in [2.05, 4.69) is 20.4 Å². The molecule has 26 heavy (non-hydrogen) atoms. The summed E-state index contributed by atoms with van der Waals surface area (Å²) in [5.41, 5.74) is 1.91. The molecule has 0 aliphatic heterocycles. The molecule has 0 aliphatic carbocycles. The Bertz CT molecular complexity index is 685. The van der Waals surface area contributed by atoms with Crippen LogP contribution < -0.4 is 20.1 Å². The molecule has 0 atom stereocenters. The van der Waals surface area contributed by atoms with E-state index in [4.69, 9.17) is 4.74 Å². The number of nitrogens with one attached hydrogen (secondary N) is 2. The molecule has 1 aromatic heterocycles. The van der Waals surface area contributed by atoms with Crippen LogP contribution >= 0.6 is 35.3 Å². The van der Waals surface area contributed by atoms with Gasteiger partial charge in [0.15, 0.2) is 17.5 Å². The highest BCUT2D eigenvalue weighted by Crippen LogP contribution is 2.29. The van der Waals surface area contributed by atoms with Crippen molar-refractivity contribution in [1.29, 1.82) is 0 Å². The predicted octanol–water partition coefficient (Wildman–Crippen LogP) is 4.23. The summed E-state index contributed by atoms with van der Waals surface area (Å²) in [6, 6.07) is 6.94. The fourth-order valence-electron chi connectivity index (χ4n) is 2.10. The Morgan fingerprint density at radius 3 is 2.62 bits per heavy atom. The van der Waals surface area contributed by atoms with Crippen molar-refractivity contribution in [3.8, 4) is 11.5 Å². The van der Waals surface area contributed by atoms with Crippen molar-refractivity contribution in [2.45, 2.75) is 26.6 Å². The van der Waals surface area contributed by atoms with E-state index in [1.807, 2.05) is 23.8 Å². The maximum Gasteiger partial charge on any atom is 0.387 e. The minimum Gasteiger partial charge on any atom is -0.493 e. The lowest BCUT2D eigenvalue weighted by Crippen LogP contribution is -2.36. The second-order valence-electron chi connectivity index (χ2n) is 5.04. The van der Waals surface area contributed by atoms with Gasteiger partial charge in [0, 0.05) is 13.1 Å². The molecule has 0 saturated carbocycles. The number of hydrogen-bond acceptors (Lipinski definition) is 4. The maximum absolute atomic E-state index is 12.5. The zero-order chi connectivity index (χ0) is 18.1. The lowest BCUT2D eigenvalue weighted by atomic mass is 10.2. The normalized spacial score (nSPS) is 11.0. The minimum absolute atomic E-state index is 0. The Hall–Kier alpha value is -1.62. The summed E-state index contributed by atoms with van der Waals surface area (Å²) in [5.74, 6) is 0.931. The smallest absolute Gasteiger partial charge is 0.387 e. The Labute approximate surface area is 172 Å². The van der Waals surface area contributed by atoms with Crippen molar-refractivity contribution in [3.05, 3.63) is 46.2 Å². The molecule has 0 amide bonds. The number of ether oxygens (including phenoxy) is 2. The van der Waals surface area contributed by atoms with Crippen molar-refractivity contribution in [2.75, 3.05) is 13.7 Å². The highest BCUT2D eigenvalue weighted by atomic mass is 127. The summed E-state index contributed by atoms with van der Waals surface area (Å²) in [7, 11) is 1.41. The number of guanidine groups is 1. The van der Waals surface area contributed by atoms with Gasteiger partial charge in [0.25, 0.3) is 0 Å². The van der Waals surface area contributed by atoms with E-state index in [0.717, 1.165) is 17.7 Å². The molecule has 1 heterocycles. The number of nitrogens with zero attached hydrogens (tertiary/aromatic N) is 1. The van der Waals surface area contributed by atoms with Gasteiger partial charge in [0.1, 0.15) is 0 Å². The molecule has 5 nitrogen and oxygen atoms in total. The van der Waals surface area contributed by atoms with Gasteiger partial charge in [-0.15, -0.1) is 24.0 Å². The molecule has 0 unspecified atom stereocenters. The van der Waals surface area contributed by atoms with Crippen molar-refractivity contribution in [3.63, 3.8) is 0 Å². The average Bonchev–Trinajstić information content (AvgIpc) is 3.10. The molecule has 0 spiro atoms. The van der Waals surface area contributed by atoms with Crippen molar-refractivity contribution in [2.24, 2.45) is 4.99 Å². The fraction of sp³-hybridized carbons (Fsp3) is 0.353. The third kappa shape index (κ3) is 7.32. The maximum atomic E-state index is 12.5. The van der Waals surface area contributed by atoms with Gasteiger partial charge in [0.2, 0.25) is 0 Å². The van der Waals surface area contributed by atoms with Crippen LogP contribution in [0.4, 0.5) is 8.78 Å². The lowest BCUT2D eigenvalue weighted by molar-refractivity contribution is -0.0512. The zero-order valence-electron chi connectivity index (χ0n) is 14.5. The van der Waals surface area contributed by atoms with E-state index in [0.29, 0.717) is 19.0 Å². The molecule has 9 heteroatoms. The number of methoxy groups -OCH3 is 1. The molecule has 144 valence electrons. The van der Waals surface area contributed by atoms with E-state index in [1.165, 1.54) is 13.2 Å².